The number of nitrogens with two attached hydrogens (primary N) is 1. The fourth-order valence-corrected chi connectivity index (χ4v) is 4.34. The van der Waals surface area contributed by atoms with Crippen LogP contribution in [0.15, 0.2) is 0 Å². The van der Waals surface area contributed by atoms with E-state index in [1.165, 1.54) is 6.92 Å². The van der Waals surface area contributed by atoms with Gasteiger partial charge in [-0.25, -0.2) is 4.79 Å². The summed E-state index contributed by atoms with van der Waals surface area (Å²) in [5, 5.41) is 14.9. The summed E-state index contributed by atoms with van der Waals surface area (Å²) >= 11 is 1.84. The number of carboxylic acids is 1. The number of carbonyl (C=O) groups excluding carboxylic acids is 2. The molecule has 9 heteroatoms. The van der Waals surface area contributed by atoms with E-state index in [0.717, 1.165) is 18.6 Å². The minimum atomic E-state index is -1.20. The van der Waals surface area contributed by atoms with Crippen molar-refractivity contribution in [3.05, 3.63) is 0 Å². The number of aliphatic carboxylic acids is 1. The van der Waals surface area contributed by atoms with E-state index in [0.29, 0.717) is 11.7 Å². The fourth-order valence-electron chi connectivity index (χ4n) is 2.80. The second kappa shape index (κ2) is 7.87. The summed E-state index contributed by atoms with van der Waals surface area (Å²) in [7, 11) is 0. The van der Waals surface area contributed by atoms with E-state index in [1.807, 2.05) is 11.8 Å². The average Bonchev–Trinajstić information content (AvgIpc) is 3.02. The van der Waals surface area contributed by atoms with Crippen LogP contribution in [0.4, 0.5) is 4.79 Å². The van der Waals surface area contributed by atoms with Crippen molar-refractivity contribution in [3.8, 4) is 0 Å². The Bertz CT molecular complexity index is 475. The summed E-state index contributed by atoms with van der Waals surface area (Å²) < 4.78 is 5.01. The van der Waals surface area contributed by atoms with Crippen LogP contribution < -0.4 is 16.4 Å². The molecule has 23 heavy (non-hydrogen) atoms. The van der Waals surface area contributed by atoms with Crippen LogP contribution in [-0.4, -0.2) is 58.3 Å². The maximum atomic E-state index is 11.7. The van der Waals surface area contributed by atoms with Crippen LogP contribution in [0.5, 0.6) is 0 Å². The standard InChI is InChI=1S/C14H23N3O5S/c1-7(11(15)13(19)20)22-10(18)5-3-2-4-9-12-8(6-23-9)16-14(21)17-12/h7-9,11-12H,2-6,15H2,1H3,(H,19,20)(H2,16,17,21)/t7-,8+,9+,11+,12+/m1/s1. The lowest BCUT2D eigenvalue weighted by atomic mass is 10.0. The highest BCUT2D eigenvalue weighted by molar-refractivity contribution is 8.00. The molecule has 2 rings (SSSR count). The number of hydrogen-bond donors (Lipinski definition) is 4. The first-order valence-electron chi connectivity index (χ1n) is 7.75. The first-order valence-corrected chi connectivity index (χ1v) is 8.80. The van der Waals surface area contributed by atoms with E-state index in [2.05, 4.69) is 10.6 Å². The lowest BCUT2D eigenvalue weighted by molar-refractivity contribution is -0.153. The van der Waals surface area contributed by atoms with Gasteiger partial charge in [-0.1, -0.05) is 6.42 Å². The molecule has 2 fully saturated rings. The van der Waals surface area contributed by atoms with Crippen LogP contribution in [0.1, 0.15) is 32.6 Å². The third kappa shape index (κ3) is 4.74. The molecular formula is C14H23N3O5S. The molecule has 8 nitrogen and oxygen atoms in total. The monoisotopic (exact) mass is 345 g/mol. The summed E-state index contributed by atoms with van der Waals surface area (Å²) in [5.74, 6) is -0.701. The summed E-state index contributed by atoms with van der Waals surface area (Å²) in [5.41, 5.74) is 5.39. The molecule has 0 spiro atoms. The van der Waals surface area contributed by atoms with Gasteiger partial charge in [0, 0.05) is 17.4 Å². The minimum absolute atomic E-state index is 0.0994. The first kappa shape index (κ1) is 17.9. The lowest BCUT2D eigenvalue weighted by Gasteiger charge is -2.18. The second-order valence-corrected chi connectivity index (χ2v) is 7.20. The van der Waals surface area contributed by atoms with Crippen molar-refractivity contribution in [3.63, 3.8) is 0 Å². The zero-order chi connectivity index (χ0) is 17.0. The number of ether oxygens (including phenoxy) is 1. The Balaban J connectivity index is 1.61. The van der Waals surface area contributed by atoms with Gasteiger partial charge in [0.05, 0.1) is 12.1 Å². The number of carbonyl (C=O) groups is 3. The molecule has 0 aliphatic carbocycles. The van der Waals surface area contributed by atoms with Crippen LogP contribution in [0.25, 0.3) is 0 Å². The molecule has 2 heterocycles. The van der Waals surface area contributed by atoms with Crippen molar-refractivity contribution in [2.45, 2.75) is 62.1 Å². The number of esters is 1. The number of urea groups is 1. The molecule has 0 aromatic heterocycles. The Hall–Kier alpha value is -1.48. The van der Waals surface area contributed by atoms with Gasteiger partial charge in [-0.05, 0) is 19.8 Å². The van der Waals surface area contributed by atoms with Gasteiger partial charge in [0.15, 0.2) is 0 Å². The molecule has 0 aromatic carbocycles. The molecule has 0 radical (unpaired) electrons. The number of unbranched alkanes of at least 4 members (excludes halogenated alkanes) is 1. The smallest absolute Gasteiger partial charge is 0.324 e. The highest BCUT2D eigenvalue weighted by Gasteiger charge is 2.42. The Morgan fingerprint density at radius 3 is 2.87 bits per heavy atom. The van der Waals surface area contributed by atoms with E-state index in [1.54, 1.807) is 0 Å². The average molecular weight is 345 g/mol. The first-order chi connectivity index (χ1) is 10.9. The number of rotatable bonds is 8. The Kier molecular flexibility index (Phi) is 6.11. The van der Waals surface area contributed by atoms with Gasteiger partial charge in [0.1, 0.15) is 12.1 Å². The Morgan fingerprint density at radius 2 is 2.17 bits per heavy atom. The molecule has 2 aliphatic heterocycles. The van der Waals surface area contributed by atoms with E-state index in [4.69, 9.17) is 15.6 Å². The van der Waals surface area contributed by atoms with Crippen molar-refractivity contribution in [2.75, 3.05) is 5.75 Å². The summed E-state index contributed by atoms with van der Waals surface area (Å²) in [6.07, 6.45) is 1.85. The maximum absolute atomic E-state index is 11.7. The molecule has 5 atom stereocenters. The van der Waals surface area contributed by atoms with Crippen molar-refractivity contribution in [1.29, 1.82) is 0 Å². The minimum Gasteiger partial charge on any atom is -0.480 e. The molecule has 0 bridgehead atoms. The van der Waals surface area contributed by atoms with Gasteiger partial charge in [-0.3, -0.25) is 9.59 Å². The van der Waals surface area contributed by atoms with Crippen molar-refractivity contribution < 1.29 is 24.2 Å². The van der Waals surface area contributed by atoms with Crippen molar-refractivity contribution in [1.82, 2.24) is 10.6 Å². The van der Waals surface area contributed by atoms with Crippen LogP contribution in [0, 0.1) is 0 Å². The molecule has 0 unspecified atom stereocenters. The van der Waals surface area contributed by atoms with E-state index in [-0.39, 0.29) is 24.5 Å². The summed E-state index contributed by atoms with van der Waals surface area (Å²) in [6, 6.07) is -0.921. The van der Waals surface area contributed by atoms with Crippen molar-refractivity contribution >= 4 is 29.7 Å². The van der Waals surface area contributed by atoms with Gasteiger partial charge in [0.2, 0.25) is 0 Å². The van der Waals surface area contributed by atoms with Gasteiger partial charge < -0.3 is 26.2 Å². The highest BCUT2D eigenvalue weighted by Crippen LogP contribution is 2.33. The normalized spacial score (nSPS) is 28.4. The molecule has 2 aliphatic rings. The molecule has 2 saturated heterocycles. The number of fused-ring (bicyclic) bond motifs is 1. The number of hydrogen-bond acceptors (Lipinski definition) is 6. The quantitative estimate of drug-likeness (QED) is 0.278. The van der Waals surface area contributed by atoms with Crippen LogP contribution in [0.2, 0.25) is 0 Å². The third-order valence-electron chi connectivity index (χ3n) is 4.17. The Morgan fingerprint density at radius 1 is 1.43 bits per heavy atom. The molecule has 5 N–H and O–H groups in total. The number of nitrogens with one attached hydrogen (secondary N) is 2. The lowest BCUT2D eigenvalue weighted by Crippen LogP contribution is -2.42. The van der Waals surface area contributed by atoms with Crippen LogP contribution >= 0.6 is 11.8 Å². The van der Waals surface area contributed by atoms with Gasteiger partial charge in [-0.15, -0.1) is 0 Å². The Labute approximate surface area is 138 Å². The zero-order valence-electron chi connectivity index (χ0n) is 13.0. The molecular weight excluding hydrogens is 322 g/mol. The number of carboxylic acid groups (broad SMARTS) is 1. The van der Waals surface area contributed by atoms with Crippen molar-refractivity contribution in [2.24, 2.45) is 5.73 Å². The molecule has 0 aromatic rings. The number of thioether (sulfide) groups is 1. The second-order valence-electron chi connectivity index (χ2n) is 5.93. The van der Waals surface area contributed by atoms with E-state index >= 15 is 0 Å². The van der Waals surface area contributed by atoms with Gasteiger partial charge in [-0.2, -0.15) is 11.8 Å². The maximum Gasteiger partial charge on any atom is 0.324 e. The molecule has 2 amide bonds. The van der Waals surface area contributed by atoms with E-state index in [9.17, 15) is 14.4 Å². The highest BCUT2D eigenvalue weighted by atomic mass is 32.2. The van der Waals surface area contributed by atoms with Gasteiger partial charge in [0.25, 0.3) is 0 Å². The summed E-state index contributed by atoms with van der Waals surface area (Å²) in [4.78, 5) is 33.6. The van der Waals surface area contributed by atoms with Crippen LogP contribution in [-0.2, 0) is 14.3 Å². The zero-order valence-corrected chi connectivity index (χ0v) is 13.8. The summed E-state index contributed by atoms with van der Waals surface area (Å²) in [6.45, 7) is 1.47. The predicted molar refractivity (Wildman–Crippen MR) is 85.1 cm³/mol. The largest absolute Gasteiger partial charge is 0.480 e. The van der Waals surface area contributed by atoms with E-state index < -0.39 is 24.1 Å². The molecule has 0 saturated carbocycles. The molecule has 130 valence electrons. The third-order valence-corrected chi connectivity index (χ3v) is 5.67. The number of amides is 2. The SMILES string of the molecule is C[C@@H](OC(=O)CCCC[C@@H]1SC[C@@H]2NC(=O)N[C@@H]21)[C@H](N)C(=O)O. The van der Waals surface area contributed by atoms with Crippen LogP contribution in [0.3, 0.4) is 0 Å². The fraction of sp³-hybridized carbons (Fsp3) is 0.786. The predicted octanol–water partition coefficient (Wildman–Crippen LogP) is 0.0558. The van der Waals surface area contributed by atoms with Gasteiger partial charge >= 0.3 is 18.0 Å². The topological polar surface area (TPSA) is 131 Å².